The minimum Gasteiger partial charge on any atom is -0.385 e. The highest BCUT2D eigenvalue weighted by Crippen LogP contribution is 2.33. The lowest BCUT2D eigenvalue weighted by atomic mass is 10.2. The molecule has 0 saturated heterocycles. The molecule has 0 bridgehead atoms. The van der Waals surface area contributed by atoms with Crippen LogP contribution in [0, 0.1) is 0 Å². The van der Waals surface area contributed by atoms with E-state index in [9.17, 15) is 13.2 Å². The minimum absolute atomic E-state index is 0.395. The maximum Gasteiger partial charge on any atom is 0.416 e. The van der Waals surface area contributed by atoms with Crippen molar-refractivity contribution in [2.24, 2.45) is 7.05 Å². The number of aromatic nitrogens is 2. The van der Waals surface area contributed by atoms with Crippen molar-refractivity contribution in [1.29, 1.82) is 0 Å². The van der Waals surface area contributed by atoms with Crippen molar-refractivity contribution in [2.45, 2.75) is 12.6 Å². The van der Waals surface area contributed by atoms with E-state index in [1.807, 2.05) is 17.8 Å². The Morgan fingerprint density at radius 1 is 1.30 bits per heavy atom. The third kappa shape index (κ3) is 3.75. The molecule has 2 rings (SSSR count). The lowest BCUT2D eigenvalue weighted by Gasteiger charge is -2.11. The van der Waals surface area contributed by atoms with E-state index in [0.717, 1.165) is 18.0 Å². The second-order valence-electron chi connectivity index (χ2n) is 4.36. The third-order valence-electron chi connectivity index (χ3n) is 2.82. The van der Waals surface area contributed by atoms with Gasteiger partial charge in [0.2, 0.25) is 0 Å². The maximum atomic E-state index is 12.7. The first-order valence-electron chi connectivity index (χ1n) is 5.94. The van der Waals surface area contributed by atoms with Gasteiger partial charge in [0.1, 0.15) is 5.82 Å². The summed E-state index contributed by atoms with van der Waals surface area (Å²) in [5.41, 5.74) is -0.243. The number of halogens is 4. The van der Waals surface area contributed by atoms with Crippen LogP contribution in [0.15, 0.2) is 35.1 Å². The van der Waals surface area contributed by atoms with Crippen LogP contribution in [0.3, 0.4) is 0 Å². The van der Waals surface area contributed by atoms with E-state index in [2.05, 4.69) is 26.2 Å². The van der Waals surface area contributed by atoms with Crippen molar-refractivity contribution in [3.8, 4) is 0 Å². The second kappa shape index (κ2) is 5.87. The number of rotatable bonds is 4. The molecule has 1 aromatic carbocycles. The number of nitrogens with zero attached hydrogens (tertiary/aromatic N) is 2. The monoisotopic (exact) mass is 347 g/mol. The second-order valence-corrected chi connectivity index (χ2v) is 5.27. The summed E-state index contributed by atoms with van der Waals surface area (Å²) in [5, 5.41) is 2.98. The zero-order chi connectivity index (χ0) is 14.8. The summed E-state index contributed by atoms with van der Waals surface area (Å²) in [6, 6.07) is 3.78. The SMILES string of the molecule is Cn1ccnc1CCNc1cc(Br)cc(C(F)(F)F)c1. The molecular weight excluding hydrogens is 335 g/mol. The predicted octanol–water partition coefficient (Wildman–Crippen LogP) is 3.86. The molecule has 0 saturated carbocycles. The Labute approximate surface area is 123 Å². The van der Waals surface area contributed by atoms with Crippen LogP contribution in [-0.4, -0.2) is 16.1 Å². The number of hydrogen-bond acceptors (Lipinski definition) is 2. The van der Waals surface area contributed by atoms with Crippen molar-refractivity contribution in [1.82, 2.24) is 9.55 Å². The fraction of sp³-hybridized carbons (Fsp3) is 0.308. The van der Waals surface area contributed by atoms with Crippen molar-refractivity contribution in [3.05, 3.63) is 46.5 Å². The van der Waals surface area contributed by atoms with E-state index in [0.29, 0.717) is 23.1 Å². The lowest BCUT2D eigenvalue weighted by molar-refractivity contribution is -0.137. The van der Waals surface area contributed by atoms with Gasteiger partial charge in [0.15, 0.2) is 0 Å². The average molecular weight is 348 g/mol. The van der Waals surface area contributed by atoms with Crippen LogP contribution in [0.5, 0.6) is 0 Å². The number of hydrogen-bond donors (Lipinski definition) is 1. The smallest absolute Gasteiger partial charge is 0.385 e. The first-order chi connectivity index (χ1) is 9.36. The van der Waals surface area contributed by atoms with Crippen LogP contribution in [0.2, 0.25) is 0 Å². The van der Waals surface area contributed by atoms with E-state index in [-0.39, 0.29) is 0 Å². The molecule has 20 heavy (non-hydrogen) atoms. The highest BCUT2D eigenvalue weighted by molar-refractivity contribution is 9.10. The van der Waals surface area contributed by atoms with Crippen LogP contribution in [0.25, 0.3) is 0 Å². The van der Waals surface area contributed by atoms with Gasteiger partial charge in [-0.1, -0.05) is 15.9 Å². The van der Waals surface area contributed by atoms with Gasteiger partial charge in [-0.15, -0.1) is 0 Å². The van der Waals surface area contributed by atoms with Gasteiger partial charge in [0.25, 0.3) is 0 Å². The lowest BCUT2D eigenvalue weighted by Crippen LogP contribution is -2.10. The topological polar surface area (TPSA) is 29.9 Å². The summed E-state index contributed by atoms with van der Waals surface area (Å²) in [6.07, 6.45) is -0.191. The predicted molar refractivity (Wildman–Crippen MR) is 74.5 cm³/mol. The van der Waals surface area contributed by atoms with Gasteiger partial charge in [0, 0.05) is 42.6 Å². The van der Waals surface area contributed by atoms with E-state index in [1.54, 1.807) is 12.3 Å². The van der Waals surface area contributed by atoms with Gasteiger partial charge in [0.05, 0.1) is 5.56 Å². The number of alkyl halides is 3. The first kappa shape index (κ1) is 14.9. The number of aryl methyl sites for hydroxylation is 1. The van der Waals surface area contributed by atoms with E-state index < -0.39 is 11.7 Å². The van der Waals surface area contributed by atoms with Crippen molar-refractivity contribution < 1.29 is 13.2 Å². The van der Waals surface area contributed by atoms with Gasteiger partial charge in [-0.05, 0) is 18.2 Å². The Bertz CT molecular complexity index is 593. The van der Waals surface area contributed by atoms with Crippen molar-refractivity contribution in [3.63, 3.8) is 0 Å². The molecule has 0 atom stereocenters. The molecule has 0 fully saturated rings. The minimum atomic E-state index is -4.35. The van der Waals surface area contributed by atoms with Crippen LogP contribution in [0.1, 0.15) is 11.4 Å². The Balaban J connectivity index is 2.03. The molecule has 1 heterocycles. The Morgan fingerprint density at radius 3 is 2.65 bits per heavy atom. The summed E-state index contributed by atoms with van der Waals surface area (Å²) in [7, 11) is 1.88. The van der Waals surface area contributed by atoms with Gasteiger partial charge in [-0.25, -0.2) is 4.98 Å². The third-order valence-corrected chi connectivity index (χ3v) is 3.28. The van der Waals surface area contributed by atoms with Gasteiger partial charge < -0.3 is 9.88 Å². The van der Waals surface area contributed by atoms with Crippen LogP contribution in [0.4, 0.5) is 18.9 Å². The van der Waals surface area contributed by atoms with Crippen molar-refractivity contribution >= 4 is 21.6 Å². The van der Waals surface area contributed by atoms with Crippen LogP contribution >= 0.6 is 15.9 Å². The molecule has 0 amide bonds. The van der Waals surface area contributed by atoms with E-state index in [1.165, 1.54) is 0 Å². The van der Waals surface area contributed by atoms with Gasteiger partial charge >= 0.3 is 6.18 Å². The van der Waals surface area contributed by atoms with Crippen molar-refractivity contribution in [2.75, 3.05) is 11.9 Å². The molecule has 1 aromatic heterocycles. The molecule has 0 aliphatic heterocycles. The zero-order valence-corrected chi connectivity index (χ0v) is 12.3. The molecule has 0 spiro atoms. The number of nitrogens with one attached hydrogen (secondary N) is 1. The highest BCUT2D eigenvalue weighted by Gasteiger charge is 2.31. The molecule has 2 aromatic rings. The molecule has 3 nitrogen and oxygen atoms in total. The summed E-state index contributed by atoms with van der Waals surface area (Å²) in [4.78, 5) is 4.16. The molecule has 0 aliphatic rings. The fourth-order valence-corrected chi connectivity index (χ4v) is 2.30. The Morgan fingerprint density at radius 2 is 2.05 bits per heavy atom. The molecule has 0 unspecified atom stereocenters. The standard InChI is InChI=1S/C13H13BrF3N3/c1-20-5-4-19-12(20)2-3-18-11-7-9(13(15,16)17)6-10(14)8-11/h4-8,18H,2-3H2,1H3. The maximum absolute atomic E-state index is 12.7. The summed E-state index contributed by atoms with van der Waals surface area (Å²) in [5.74, 6) is 0.878. The summed E-state index contributed by atoms with van der Waals surface area (Å²) in [6.45, 7) is 0.513. The Kier molecular flexibility index (Phi) is 4.37. The molecule has 0 aliphatic carbocycles. The van der Waals surface area contributed by atoms with Crippen LogP contribution < -0.4 is 5.32 Å². The van der Waals surface area contributed by atoms with Gasteiger partial charge in [-0.2, -0.15) is 13.2 Å². The number of benzene rings is 1. The van der Waals surface area contributed by atoms with E-state index in [4.69, 9.17) is 0 Å². The Hall–Kier alpha value is -1.50. The zero-order valence-electron chi connectivity index (χ0n) is 10.7. The van der Waals surface area contributed by atoms with E-state index >= 15 is 0 Å². The molecule has 0 radical (unpaired) electrons. The quantitative estimate of drug-likeness (QED) is 0.910. The number of imidazole rings is 1. The highest BCUT2D eigenvalue weighted by atomic mass is 79.9. The summed E-state index contributed by atoms with van der Waals surface area (Å²) >= 11 is 3.09. The summed E-state index contributed by atoms with van der Waals surface area (Å²) < 4.78 is 40.3. The fourth-order valence-electron chi connectivity index (χ4n) is 1.81. The average Bonchev–Trinajstić information content (AvgIpc) is 2.73. The first-order valence-corrected chi connectivity index (χ1v) is 6.73. The molecule has 108 valence electrons. The number of anilines is 1. The largest absolute Gasteiger partial charge is 0.416 e. The molecule has 7 heteroatoms. The van der Waals surface area contributed by atoms with Crippen LogP contribution in [-0.2, 0) is 19.6 Å². The normalized spacial score (nSPS) is 11.7. The molecular formula is C13H13BrF3N3. The molecule has 1 N–H and O–H groups in total. The van der Waals surface area contributed by atoms with Gasteiger partial charge in [-0.3, -0.25) is 0 Å².